The summed E-state index contributed by atoms with van der Waals surface area (Å²) in [5.41, 5.74) is 2.45. The minimum Gasteiger partial charge on any atom is -0.271 e. The van der Waals surface area contributed by atoms with Gasteiger partial charge >= 0.3 is 0 Å². The first-order chi connectivity index (χ1) is 6.68. The zero-order chi connectivity index (χ0) is 11.9. The first-order valence-electron chi connectivity index (χ1n) is 5.06. The second-order valence-electron chi connectivity index (χ2n) is 5.39. The van der Waals surface area contributed by atoms with Crippen molar-refractivity contribution in [2.75, 3.05) is 0 Å². The number of aryl methyl sites for hydroxylation is 1. The molecule has 0 saturated carbocycles. The van der Waals surface area contributed by atoms with E-state index >= 15 is 0 Å². The Hall–Kier alpha value is -0.0900. The van der Waals surface area contributed by atoms with E-state index in [0.717, 1.165) is 5.69 Å². The average Bonchev–Trinajstić information content (AvgIpc) is 2.47. The molecule has 0 bridgehead atoms. The fourth-order valence-electron chi connectivity index (χ4n) is 1.44. The zero-order valence-corrected chi connectivity index (χ0v) is 12.0. The highest BCUT2D eigenvalue weighted by atomic mass is 33.1. The van der Waals surface area contributed by atoms with Crippen molar-refractivity contribution in [2.24, 2.45) is 7.05 Å². The van der Waals surface area contributed by atoms with Crippen molar-refractivity contribution in [2.45, 2.75) is 44.8 Å². The van der Waals surface area contributed by atoms with E-state index in [4.69, 9.17) is 0 Å². The number of hydrogen-bond acceptors (Lipinski definition) is 3. The van der Waals surface area contributed by atoms with Crippen LogP contribution in [0.1, 0.15) is 46.0 Å². The SMILES string of the molecule is Cn1nc(C(C)(C)C)cc1C(C)(C)SS. The molecule has 0 saturated heterocycles. The fourth-order valence-corrected chi connectivity index (χ4v) is 2.01. The second-order valence-corrected chi connectivity index (χ2v) is 7.14. The number of aromatic nitrogens is 2. The van der Waals surface area contributed by atoms with E-state index in [1.54, 1.807) is 10.8 Å². The first kappa shape index (κ1) is 13.0. The molecule has 0 aromatic carbocycles. The average molecular weight is 244 g/mol. The largest absolute Gasteiger partial charge is 0.271 e. The predicted octanol–water partition coefficient (Wildman–Crippen LogP) is 3.53. The Morgan fingerprint density at radius 3 is 2.13 bits per heavy atom. The maximum atomic E-state index is 4.57. The van der Waals surface area contributed by atoms with Gasteiger partial charge < -0.3 is 0 Å². The number of nitrogens with zero attached hydrogens (tertiary/aromatic N) is 2. The molecule has 0 radical (unpaired) electrons. The molecule has 15 heavy (non-hydrogen) atoms. The van der Waals surface area contributed by atoms with Crippen LogP contribution in [-0.2, 0) is 17.2 Å². The molecule has 0 spiro atoms. The van der Waals surface area contributed by atoms with Crippen molar-refractivity contribution in [3.05, 3.63) is 17.5 Å². The Morgan fingerprint density at radius 2 is 1.80 bits per heavy atom. The lowest BCUT2D eigenvalue weighted by Crippen LogP contribution is -2.15. The lowest BCUT2D eigenvalue weighted by Gasteiger charge is -2.20. The van der Waals surface area contributed by atoms with E-state index in [-0.39, 0.29) is 10.2 Å². The molecule has 1 heterocycles. The van der Waals surface area contributed by atoms with Crippen molar-refractivity contribution >= 4 is 22.5 Å². The summed E-state index contributed by atoms with van der Waals surface area (Å²) in [5.74, 6) is 0. The zero-order valence-electron chi connectivity index (χ0n) is 10.3. The molecule has 0 aliphatic rings. The van der Waals surface area contributed by atoms with Gasteiger partial charge in [-0.05, 0) is 19.9 Å². The first-order valence-corrected chi connectivity index (χ1v) is 6.93. The minimum atomic E-state index is -0.00559. The third-order valence-corrected chi connectivity index (χ3v) is 4.53. The van der Waals surface area contributed by atoms with Crippen molar-refractivity contribution in [3.8, 4) is 0 Å². The van der Waals surface area contributed by atoms with Gasteiger partial charge in [0.05, 0.1) is 16.1 Å². The molecular weight excluding hydrogens is 224 g/mol. The van der Waals surface area contributed by atoms with Crippen molar-refractivity contribution in [1.29, 1.82) is 0 Å². The maximum absolute atomic E-state index is 4.57. The summed E-state index contributed by atoms with van der Waals surface area (Å²) >= 11 is 4.32. The van der Waals surface area contributed by atoms with Gasteiger partial charge in [0, 0.05) is 12.5 Å². The van der Waals surface area contributed by atoms with Crippen LogP contribution in [0, 0.1) is 0 Å². The molecule has 1 aromatic rings. The van der Waals surface area contributed by atoms with Gasteiger partial charge in [0.15, 0.2) is 0 Å². The van der Waals surface area contributed by atoms with Gasteiger partial charge in [-0.1, -0.05) is 31.6 Å². The Balaban J connectivity index is 3.18. The maximum Gasteiger partial charge on any atom is 0.0681 e. The van der Waals surface area contributed by atoms with Crippen molar-refractivity contribution < 1.29 is 0 Å². The summed E-state index contributed by atoms with van der Waals surface area (Å²) in [6.45, 7) is 10.9. The van der Waals surface area contributed by atoms with E-state index in [2.05, 4.69) is 57.4 Å². The normalized spacial score (nSPS) is 13.3. The molecule has 0 N–H and O–H groups in total. The van der Waals surface area contributed by atoms with Crippen molar-refractivity contribution in [1.82, 2.24) is 9.78 Å². The van der Waals surface area contributed by atoms with Gasteiger partial charge in [0.1, 0.15) is 0 Å². The molecule has 4 heteroatoms. The van der Waals surface area contributed by atoms with Crippen molar-refractivity contribution in [3.63, 3.8) is 0 Å². The second kappa shape index (κ2) is 4.06. The number of rotatable bonds is 2. The summed E-state index contributed by atoms with van der Waals surface area (Å²) in [6.07, 6.45) is 0. The third kappa shape index (κ3) is 2.72. The van der Waals surface area contributed by atoms with Gasteiger partial charge in [-0.3, -0.25) is 4.68 Å². The van der Waals surface area contributed by atoms with E-state index in [9.17, 15) is 0 Å². The Kier molecular flexibility index (Phi) is 3.51. The highest BCUT2D eigenvalue weighted by molar-refractivity contribution is 8.68. The Bertz CT molecular complexity index is 348. The van der Waals surface area contributed by atoms with Crippen LogP contribution in [0.15, 0.2) is 6.07 Å². The molecule has 1 rings (SSSR count). The topological polar surface area (TPSA) is 17.8 Å². The molecule has 1 aromatic heterocycles. The molecule has 86 valence electrons. The highest BCUT2D eigenvalue weighted by Crippen LogP contribution is 2.38. The van der Waals surface area contributed by atoms with E-state index in [1.165, 1.54) is 5.69 Å². The van der Waals surface area contributed by atoms with E-state index < -0.39 is 0 Å². The summed E-state index contributed by atoms with van der Waals surface area (Å²) < 4.78 is 1.96. The molecular formula is C11H20N2S2. The molecule has 0 atom stereocenters. The monoisotopic (exact) mass is 244 g/mol. The van der Waals surface area contributed by atoms with Gasteiger partial charge in [0.2, 0.25) is 0 Å². The highest BCUT2D eigenvalue weighted by Gasteiger charge is 2.27. The Labute approximate surface area is 102 Å². The van der Waals surface area contributed by atoms with Crippen LogP contribution < -0.4 is 0 Å². The summed E-state index contributed by atoms with van der Waals surface area (Å²) in [4.78, 5) is 0. The molecule has 0 aliphatic carbocycles. The quantitative estimate of drug-likeness (QED) is 0.633. The van der Waals surface area contributed by atoms with Crippen LogP contribution in [0.2, 0.25) is 0 Å². The van der Waals surface area contributed by atoms with Gasteiger partial charge in [0.25, 0.3) is 0 Å². The van der Waals surface area contributed by atoms with Gasteiger partial charge in [-0.2, -0.15) is 5.10 Å². The molecule has 0 fully saturated rings. The molecule has 0 unspecified atom stereocenters. The lowest BCUT2D eigenvalue weighted by molar-refractivity contribution is 0.548. The standard InChI is InChI=1S/C11H20N2S2/c1-10(2,3)8-7-9(13(6)12-8)11(4,5)15-14/h7,14H,1-6H3. The lowest BCUT2D eigenvalue weighted by atomic mass is 9.91. The Morgan fingerprint density at radius 1 is 1.27 bits per heavy atom. The molecule has 0 amide bonds. The van der Waals surface area contributed by atoms with Crippen LogP contribution >= 0.6 is 22.5 Å². The van der Waals surface area contributed by atoms with Crippen LogP contribution in [-0.4, -0.2) is 9.78 Å². The number of thiol groups is 1. The summed E-state index contributed by atoms with van der Waals surface area (Å²) in [6, 6.07) is 2.18. The molecule has 0 aliphatic heterocycles. The fraction of sp³-hybridized carbons (Fsp3) is 0.727. The van der Waals surface area contributed by atoms with Crippen LogP contribution in [0.25, 0.3) is 0 Å². The molecule has 2 nitrogen and oxygen atoms in total. The summed E-state index contributed by atoms with van der Waals surface area (Å²) in [7, 11) is 3.55. The predicted molar refractivity (Wildman–Crippen MR) is 71.5 cm³/mol. The van der Waals surface area contributed by atoms with Gasteiger partial charge in [-0.25, -0.2) is 0 Å². The van der Waals surface area contributed by atoms with E-state index in [1.807, 2.05) is 11.7 Å². The van der Waals surface area contributed by atoms with Crippen LogP contribution in [0.4, 0.5) is 0 Å². The number of hydrogen-bond donors (Lipinski definition) is 1. The minimum absolute atomic E-state index is 0.00559. The van der Waals surface area contributed by atoms with Gasteiger partial charge in [-0.15, -0.1) is 11.7 Å². The smallest absolute Gasteiger partial charge is 0.0681 e. The van der Waals surface area contributed by atoms with E-state index in [0.29, 0.717) is 0 Å². The third-order valence-electron chi connectivity index (χ3n) is 2.49. The van der Waals surface area contributed by atoms with Crippen LogP contribution in [0.3, 0.4) is 0 Å². The van der Waals surface area contributed by atoms with Crippen LogP contribution in [0.5, 0.6) is 0 Å². The summed E-state index contributed by atoms with van der Waals surface area (Å²) in [5, 5.41) is 4.57.